The first-order valence-electron chi connectivity index (χ1n) is 7.78. The molecule has 0 radical (unpaired) electrons. The van der Waals surface area contributed by atoms with E-state index in [9.17, 15) is 4.39 Å². The molecule has 0 amide bonds. The van der Waals surface area contributed by atoms with Crippen LogP contribution >= 0.6 is 11.6 Å². The summed E-state index contributed by atoms with van der Waals surface area (Å²) in [6, 6.07) is 6.05. The predicted octanol–water partition coefficient (Wildman–Crippen LogP) is 2.48. The normalized spacial score (nSPS) is 25.6. The zero-order valence-electron chi connectivity index (χ0n) is 12.3. The van der Waals surface area contributed by atoms with Crippen molar-refractivity contribution in [3.63, 3.8) is 0 Å². The molecular weight excluding hydrogens is 289 g/mol. The maximum absolute atomic E-state index is 13.5. The van der Waals surface area contributed by atoms with Crippen molar-refractivity contribution in [3.05, 3.63) is 34.6 Å². The van der Waals surface area contributed by atoms with Crippen molar-refractivity contribution in [2.24, 2.45) is 5.73 Å². The van der Waals surface area contributed by atoms with Gasteiger partial charge in [-0.1, -0.05) is 23.7 Å². The highest BCUT2D eigenvalue weighted by Gasteiger charge is 2.30. The molecule has 2 aliphatic rings. The molecule has 3 rings (SSSR count). The molecular formula is C16H23ClFN3. The third-order valence-corrected chi connectivity index (χ3v) is 5.19. The highest BCUT2D eigenvalue weighted by molar-refractivity contribution is 6.31. The van der Waals surface area contributed by atoms with Gasteiger partial charge in [-0.2, -0.15) is 0 Å². The molecule has 0 aliphatic carbocycles. The number of nitrogens with zero attached hydrogens (tertiary/aromatic N) is 2. The molecule has 1 aromatic carbocycles. The fourth-order valence-electron chi connectivity index (χ4n) is 3.45. The lowest BCUT2D eigenvalue weighted by atomic mass is 10.0. The van der Waals surface area contributed by atoms with Gasteiger partial charge in [0.25, 0.3) is 0 Å². The molecule has 1 aromatic rings. The van der Waals surface area contributed by atoms with Crippen molar-refractivity contribution in [1.29, 1.82) is 0 Å². The lowest BCUT2D eigenvalue weighted by Crippen LogP contribution is -2.46. The van der Waals surface area contributed by atoms with Gasteiger partial charge in [0.2, 0.25) is 0 Å². The molecule has 1 unspecified atom stereocenters. The second-order valence-corrected chi connectivity index (χ2v) is 6.64. The van der Waals surface area contributed by atoms with Gasteiger partial charge < -0.3 is 5.73 Å². The van der Waals surface area contributed by atoms with Crippen LogP contribution in [0.2, 0.25) is 5.02 Å². The summed E-state index contributed by atoms with van der Waals surface area (Å²) in [6.07, 6.45) is 3.39. The Balaban J connectivity index is 1.56. The first-order valence-corrected chi connectivity index (χ1v) is 8.16. The standard InChI is InChI=1S/C16H23ClFN3/c17-16-12(2-1-3-15(16)18)10-20-7-6-14(11-20)21-8-4-13(19)5-9-21/h1-3,13-14H,4-11,19H2. The van der Waals surface area contributed by atoms with Crippen molar-refractivity contribution in [1.82, 2.24) is 9.80 Å². The topological polar surface area (TPSA) is 32.5 Å². The number of piperidine rings is 1. The molecule has 2 heterocycles. The largest absolute Gasteiger partial charge is 0.328 e. The van der Waals surface area contributed by atoms with Crippen LogP contribution in [-0.4, -0.2) is 48.1 Å². The van der Waals surface area contributed by atoms with Crippen molar-refractivity contribution >= 4 is 11.6 Å². The van der Waals surface area contributed by atoms with Gasteiger partial charge in [0, 0.05) is 31.7 Å². The summed E-state index contributed by atoms with van der Waals surface area (Å²) in [5.41, 5.74) is 6.86. The number of benzene rings is 1. The van der Waals surface area contributed by atoms with Gasteiger partial charge in [0.15, 0.2) is 0 Å². The van der Waals surface area contributed by atoms with E-state index in [1.54, 1.807) is 6.07 Å². The molecule has 5 heteroatoms. The summed E-state index contributed by atoms with van der Waals surface area (Å²) in [5.74, 6) is -0.324. The quantitative estimate of drug-likeness (QED) is 0.931. The number of nitrogens with two attached hydrogens (primary N) is 1. The zero-order valence-corrected chi connectivity index (χ0v) is 13.0. The average Bonchev–Trinajstić information content (AvgIpc) is 2.93. The molecule has 0 saturated carbocycles. The highest BCUT2D eigenvalue weighted by atomic mass is 35.5. The highest BCUT2D eigenvalue weighted by Crippen LogP contribution is 2.25. The average molecular weight is 312 g/mol. The second-order valence-electron chi connectivity index (χ2n) is 6.26. The molecule has 2 saturated heterocycles. The van der Waals surface area contributed by atoms with E-state index < -0.39 is 0 Å². The van der Waals surface area contributed by atoms with Gasteiger partial charge in [0.05, 0.1) is 5.02 Å². The van der Waals surface area contributed by atoms with Gasteiger partial charge in [-0.3, -0.25) is 9.80 Å². The van der Waals surface area contributed by atoms with Crippen LogP contribution in [0.1, 0.15) is 24.8 Å². The minimum absolute atomic E-state index is 0.268. The fourth-order valence-corrected chi connectivity index (χ4v) is 3.64. The Labute approximate surface area is 130 Å². The van der Waals surface area contributed by atoms with Gasteiger partial charge >= 0.3 is 0 Å². The lowest BCUT2D eigenvalue weighted by Gasteiger charge is -2.34. The Morgan fingerprint density at radius 2 is 1.95 bits per heavy atom. The van der Waals surface area contributed by atoms with Crippen LogP contribution in [0.4, 0.5) is 4.39 Å². The van der Waals surface area contributed by atoms with Crippen LogP contribution in [0, 0.1) is 5.82 Å². The van der Waals surface area contributed by atoms with Gasteiger partial charge in [-0.25, -0.2) is 4.39 Å². The summed E-state index contributed by atoms with van der Waals surface area (Å²) >= 11 is 6.05. The minimum Gasteiger partial charge on any atom is -0.328 e. The SMILES string of the molecule is NC1CCN(C2CCN(Cc3cccc(F)c3Cl)C2)CC1. The predicted molar refractivity (Wildman–Crippen MR) is 83.9 cm³/mol. The van der Waals surface area contributed by atoms with Crippen LogP contribution in [0.15, 0.2) is 18.2 Å². The molecule has 21 heavy (non-hydrogen) atoms. The van der Waals surface area contributed by atoms with Crippen LogP contribution in [-0.2, 0) is 6.54 Å². The van der Waals surface area contributed by atoms with Crippen LogP contribution in [0.3, 0.4) is 0 Å². The lowest BCUT2D eigenvalue weighted by molar-refractivity contribution is 0.151. The van der Waals surface area contributed by atoms with Crippen molar-refractivity contribution < 1.29 is 4.39 Å². The van der Waals surface area contributed by atoms with E-state index >= 15 is 0 Å². The van der Waals surface area contributed by atoms with E-state index in [1.807, 2.05) is 6.07 Å². The number of likely N-dealkylation sites (tertiary alicyclic amines) is 2. The molecule has 116 valence electrons. The van der Waals surface area contributed by atoms with Gasteiger partial charge in [-0.05, 0) is 44.0 Å². The summed E-state index contributed by atoms with van der Waals surface area (Å²) in [4.78, 5) is 4.94. The minimum atomic E-state index is -0.324. The smallest absolute Gasteiger partial charge is 0.142 e. The second kappa shape index (κ2) is 6.61. The summed E-state index contributed by atoms with van der Waals surface area (Å²) in [7, 11) is 0. The molecule has 2 N–H and O–H groups in total. The molecule has 0 spiro atoms. The Morgan fingerprint density at radius 1 is 1.19 bits per heavy atom. The van der Waals surface area contributed by atoms with Crippen LogP contribution in [0.5, 0.6) is 0 Å². The molecule has 3 nitrogen and oxygen atoms in total. The van der Waals surface area contributed by atoms with E-state index in [4.69, 9.17) is 17.3 Å². The first kappa shape index (κ1) is 15.2. The Bertz CT molecular complexity index is 488. The molecule has 0 aromatic heterocycles. The molecule has 1 atom stereocenters. The maximum Gasteiger partial charge on any atom is 0.142 e. The van der Waals surface area contributed by atoms with Crippen LogP contribution in [0.25, 0.3) is 0 Å². The van der Waals surface area contributed by atoms with Gasteiger partial charge in [-0.15, -0.1) is 0 Å². The summed E-state index contributed by atoms with van der Waals surface area (Å²) in [5, 5.41) is 0.268. The summed E-state index contributed by atoms with van der Waals surface area (Å²) in [6.45, 7) is 5.06. The van der Waals surface area contributed by atoms with E-state index in [2.05, 4.69) is 9.80 Å². The number of hydrogen-bond acceptors (Lipinski definition) is 3. The first-order chi connectivity index (χ1) is 10.1. The van der Waals surface area contributed by atoms with E-state index in [-0.39, 0.29) is 10.8 Å². The molecule has 2 fully saturated rings. The zero-order chi connectivity index (χ0) is 14.8. The van der Waals surface area contributed by atoms with E-state index in [0.717, 1.165) is 51.1 Å². The fraction of sp³-hybridized carbons (Fsp3) is 0.625. The third kappa shape index (κ3) is 3.57. The van der Waals surface area contributed by atoms with Crippen molar-refractivity contribution in [2.45, 2.75) is 37.9 Å². The van der Waals surface area contributed by atoms with E-state index in [1.165, 1.54) is 12.5 Å². The Morgan fingerprint density at radius 3 is 2.71 bits per heavy atom. The monoisotopic (exact) mass is 311 g/mol. The number of halogens is 2. The maximum atomic E-state index is 13.5. The number of rotatable bonds is 3. The Hall–Kier alpha value is -0.680. The molecule has 2 aliphatic heterocycles. The molecule has 0 bridgehead atoms. The van der Waals surface area contributed by atoms with E-state index in [0.29, 0.717) is 12.1 Å². The summed E-state index contributed by atoms with van der Waals surface area (Å²) < 4.78 is 13.5. The number of hydrogen-bond donors (Lipinski definition) is 1. The van der Waals surface area contributed by atoms with Crippen molar-refractivity contribution in [3.8, 4) is 0 Å². The van der Waals surface area contributed by atoms with Gasteiger partial charge in [0.1, 0.15) is 5.82 Å². The van der Waals surface area contributed by atoms with Crippen LogP contribution < -0.4 is 5.73 Å². The third-order valence-electron chi connectivity index (χ3n) is 4.76. The Kier molecular flexibility index (Phi) is 4.79. The van der Waals surface area contributed by atoms with Crippen molar-refractivity contribution in [2.75, 3.05) is 26.2 Å².